The van der Waals surface area contributed by atoms with Crippen molar-refractivity contribution in [1.82, 2.24) is 4.98 Å². The van der Waals surface area contributed by atoms with E-state index in [1.54, 1.807) is 54.7 Å². The number of rotatable bonds is 6. The zero-order valence-corrected chi connectivity index (χ0v) is 14.8. The molecule has 0 atom stereocenters. The van der Waals surface area contributed by atoms with Crippen LogP contribution >= 0.6 is 11.6 Å². The van der Waals surface area contributed by atoms with Gasteiger partial charge in [0, 0.05) is 40.2 Å². The number of nitro benzene ring substituents is 1. The Balaban J connectivity index is 1.78. The average molecular weight is 380 g/mol. The third kappa shape index (κ3) is 4.77. The monoisotopic (exact) mass is 379 g/mol. The third-order valence-electron chi connectivity index (χ3n) is 3.72. The number of carbonyl (C=O) groups excluding carboxylic acids is 1. The van der Waals surface area contributed by atoms with Gasteiger partial charge < -0.3 is 5.32 Å². The van der Waals surface area contributed by atoms with Gasteiger partial charge in [-0.2, -0.15) is 0 Å². The van der Waals surface area contributed by atoms with Crippen molar-refractivity contribution in [2.24, 2.45) is 0 Å². The molecule has 134 valence electrons. The molecule has 0 aliphatic carbocycles. The lowest BCUT2D eigenvalue weighted by Crippen LogP contribution is -1.97. The van der Waals surface area contributed by atoms with Gasteiger partial charge in [0.25, 0.3) is 5.69 Å². The Hall–Kier alpha value is -3.51. The molecule has 0 amide bonds. The van der Waals surface area contributed by atoms with E-state index in [-0.39, 0.29) is 11.5 Å². The number of non-ortho nitro benzene ring substituents is 1. The third-order valence-corrected chi connectivity index (χ3v) is 3.97. The molecule has 0 saturated heterocycles. The summed E-state index contributed by atoms with van der Waals surface area (Å²) < 4.78 is 0. The predicted octanol–water partition coefficient (Wildman–Crippen LogP) is 5.28. The van der Waals surface area contributed by atoms with E-state index in [1.807, 2.05) is 6.07 Å². The van der Waals surface area contributed by atoms with E-state index in [2.05, 4.69) is 10.3 Å². The Kier molecular flexibility index (Phi) is 5.58. The molecule has 0 radical (unpaired) electrons. The van der Waals surface area contributed by atoms with E-state index >= 15 is 0 Å². The van der Waals surface area contributed by atoms with Crippen molar-refractivity contribution in [2.75, 3.05) is 5.32 Å². The van der Waals surface area contributed by atoms with Crippen LogP contribution in [0, 0.1) is 10.1 Å². The normalized spacial score (nSPS) is 10.7. The number of pyridine rings is 1. The van der Waals surface area contributed by atoms with Crippen LogP contribution in [0.4, 0.5) is 17.2 Å². The van der Waals surface area contributed by atoms with E-state index < -0.39 is 4.92 Å². The summed E-state index contributed by atoms with van der Waals surface area (Å²) in [5, 5.41) is 14.4. The van der Waals surface area contributed by atoms with Crippen LogP contribution < -0.4 is 5.32 Å². The van der Waals surface area contributed by atoms with Crippen LogP contribution in [0.2, 0.25) is 5.02 Å². The number of carbonyl (C=O) groups is 1. The van der Waals surface area contributed by atoms with Crippen LogP contribution in [0.5, 0.6) is 0 Å². The van der Waals surface area contributed by atoms with Gasteiger partial charge in [0.2, 0.25) is 0 Å². The first-order chi connectivity index (χ1) is 13.0. The van der Waals surface area contributed by atoms with Crippen molar-refractivity contribution in [2.45, 2.75) is 0 Å². The van der Waals surface area contributed by atoms with Gasteiger partial charge in [-0.15, -0.1) is 0 Å². The minimum absolute atomic E-state index is 0.00949. The molecule has 3 rings (SSSR count). The molecule has 6 nitrogen and oxygen atoms in total. The second-order valence-electron chi connectivity index (χ2n) is 5.57. The lowest BCUT2D eigenvalue weighted by atomic mass is 10.1. The highest BCUT2D eigenvalue weighted by Crippen LogP contribution is 2.22. The van der Waals surface area contributed by atoms with Crippen LogP contribution in [0.1, 0.15) is 15.9 Å². The molecule has 1 aromatic heterocycles. The quantitative estimate of drug-likeness (QED) is 0.272. The minimum atomic E-state index is -0.457. The van der Waals surface area contributed by atoms with E-state index in [0.717, 1.165) is 0 Å². The summed E-state index contributed by atoms with van der Waals surface area (Å²) in [7, 11) is 0. The maximum Gasteiger partial charge on any atom is 0.269 e. The van der Waals surface area contributed by atoms with Crippen molar-refractivity contribution >= 4 is 40.7 Å². The summed E-state index contributed by atoms with van der Waals surface area (Å²) >= 11 is 5.83. The number of benzene rings is 2. The number of aromatic nitrogens is 1. The molecular weight excluding hydrogens is 366 g/mol. The highest BCUT2D eigenvalue weighted by atomic mass is 35.5. The highest BCUT2D eigenvalue weighted by molar-refractivity contribution is 6.30. The second-order valence-corrected chi connectivity index (χ2v) is 6.01. The van der Waals surface area contributed by atoms with Crippen molar-refractivity contribution in [3.05, 3.63) is 99.2 Å². The maximum absolute atomic E-state index is 12.3. The van der Waals surface area contributed by atoms with Crippen LogP contribution in [0.3, 0.4) is 0 Å². The topological polar surface area (TPSA) is 85.1 Å². The molecule has 0 aliphatic rings. The molecule has 3 aromatic rings. The van der Waals surface area contributed by atoms with Crippen molar-refractivity contribution in [1.29, 1.82) is 0 Å². The van der Waals surface area contributed by atoms with Crippen molar-refractivity contribution in [3.8, 4) is 0 Å². The molecule has 1 heterocycles. The first kappa shape index (κ1) is 18.3. The maximum atomic E-state index is 12.3. The number of halogens is 1. The number of hydrogen-bond donors (Lipinski definition) is 1. The van der Waals surface area contributed by atoms with Gasteiger partial charge >= 0.3 is 0 Å². The van der Waals surface area contributed by atoms with Gasteiger partial charge in [0.15, 0.2) is 5.78 Å². The molecular formula is C20H14ClN3O3. The molecule has 0 saturated carbocycles. The number of nitrogens with one attached hydrogen (secondary N) is 1. The zero-order chi connectivity index (χ0) is 19.2. The SMILES string of the molecule is O=C(/C=C/c1cccnc1Nc1ccc([N+](=O)[O-])cc1)c1ccc(Cl)cc1. The summed E-state index contributed by atoms with van der Waals surface area (Å²) in [5.41, 5.74) is 1.90. The summed E-state index contributed by atoms with van der Waals surface area (Å²) in [5.74, 6) is 0.378. The molecule has 7 heteroatoms. The number of anilines is 2. The summed E-state index contributed by atoms with van der Waals surface area (Å²) in [6.45, 7) is 0. The largest absolute Gasteiger partial charge is 0.340 e. The molecule has 0 spiro atoms. The lowest BCUT2D eigenvalue weighted by molar-refractivity contribution is -0.384. The van der Waals surface area contributed by atoms with E-state index in [1.165, 1.54) is 18.2 Å². The number of ketones is 1. The smallest absolute Gasteiger partial charge is 0.269 e. The molecule has 0 unspecified atom stereocenters. The van der Waals surface area contributed by atoms with Crippen molar-refractivity contribution < 1.29 is 9.72 Å². The Morgan fingerprint density at radius 1 is 1.07 bits per heavy atom. The fourth-order valence-corrected chi connectivity index (χ4v) is 2.46. The van der Waals surface area contributed by atoms with Gasteiger partial charge in [0.1, 0.15) is 5.82 Å². The lowest BCUT2D eigenvalue weighted by Gasteiger charge is -2.08. The summed E-state index contributed by atoms with van der Waals surface area (Å²) in [4.78, 5) is 26.8. The molecule has 0 fully saturated rings. The Labute approximate surface area is 160 Å². The standard InChI is InChI=1S/C20H14ClN3O3/c21-16-6-3-14(4-7-16)19(25)12-5-15-2-1-13-22-20(15)23-17-8-10-18(11-9-17)24(26)27/h1-13H,(H,22,23)/b12-5+. The predicted molar refractivity (Wildman–Crippen MR) is 105 cm³/mol. The van der Waals surface area contributed by atoms with E-state index in [0.29, 0.717) is 27.7 Å². The number of nitro groups is 1. The summed E-state index contributed by atoms with van der Waals surface area (Å²) in [6.07, 6.45) is 4.74. The fourth-order valence-electron chi connectivity index (χ4n) is 2.34. The van der Waals surface area contributed by atoms with E-state index in [4.69, 9.17) is 11.6 Å². The van der Waals surface area contributed by atoms with Gasteiger partial charge in [-0.25, -0.2) is 4.98 Å². The van der Waals surface area contributed by atoms with Gasteiger partial charge in [0.05, 0.1) is 4.92 Å². The van der Waals surface area contributed by atoms with Crippen LogP contribution in [-0.2, 0) is 0 Å². The highest BCUT2D eigenvalue weighted by Gasteiger charge is 2.07. The fraction of sp³-hybridized carbons (Fsp3) is 0. The Morgan fingerprint density at radius 2 is 1.78 bits per heavy atom. The molecule has 0 bridgehead atoms. The Bertz CT molecular complexity index is 1000. The number of nitrogens with zero attached hydrogens (tertiary/aromatic N) is 2. The molecule has 27 heavy (non-hydrogen) atoms. The van der Waals surface area contributed by atoms with Crippen LogP contribution in [-0.4, -0.2) is 15.7 Å². The minimum Gasteiger partial charge on any atom is -0.340 e. The zero-order valence-electron chi connectivity index (χ0n) is 14.0. The first-order valence-corrected chi connectivity index (χ1v) is 8.35. The van der Waals surface area contributed by atoms with Gasteiger partial charge in [-0.3, -0.25) is 14.9 Å². The first-order valence-electron chi connectivity index (χ1n) is 7.97. The van der Waals surface area contributed by atoms with Crippen LogP contribution in [0.25, 0.3) is 6.08 Å². The van der Waals surface area contributed by atoms with Gasteiger partial charge in [-0.1, -0.05) is 11.6 Å². The van der Waals surface area contributed by atoms with Crippen molar-refractivity contribution in [3.63, 3.8) is 0 Å². The summed E-state index contributed by atoms with van der Waals surface area (Å²) in [6, 6.07) is 16.2. The average Bonchev–Trinajstić information content (AvgIpc) is 2.68. The van der Waals surface area contributed by atoms with Crippen LogP contribution in [0.15, 0.2) is 72.9 Å². The number of hydrogen-bond acceptors (Lipinski definition) is 5. The second kappa shape index (κ2) is 8.25. The molecule has 2 aromatic carbocycles. The molecule has 0 aliphatic heterocycles. The number of allylic oxidation sites excluding steroid dienone is 1. The Morgan fingerprint density at radius 3 is 2.44 bits per heavy atom. The van der Waals surface area contributed by atoms with E-state index in [9.17, 15) is 14.9 Å². The molecule has 1 N–H and O–H groups in total. The van der Waals surface area contributed by atoms with Gasteiger partial charge in [-0.05, 0) is 60.7 Å².